The number of carbonyl (C=O) groups is 1. The molecule has 1 atom stereocenters. The highest BCUT2D eigenvalue weighted by Gasteiger charge is 2.23. The lowest BCUT2D eigenvalue weighted by Gasteiger charge is -2.24. The molecule has 0 radical (unpaired) electrons. The predicted octanol–water partition coefficient (Wildman–Crippen LogP) is 1.83. The summed E-state index contributed by atoms with van der Waals surface area (Å²) in [5, 5.41) is 2.84. The number of halogens is 1. The van der Waals surface area contributed by atoms with E-state index in [-0.39, 0.29) is 11.8 Å². The number of hydrogen-bond donors (Lipinski definition) is 2. The van der Waals surface area contributed by atoms with Crippen LogP contribution in [0.4, 0.5) is 5.69 Å². The minimum Gasteiger partial charge on any atom is -0.330 e. The van der Waals surface area contributed by atoms with E-state index in [0.29, 0.717) is 13.0 Å². The zero-order valence-corrected chi connectivity index (χ0v) is 9.17. The van der Waals surface area contributed by atoms with Crippen LogP contribution >= 0.6 is 15.9 Å². The average Bonchev–Trinajstić information content (AvgIpc) is 2.15. The standard InChI is InChI=1S/C10H11BrN2O/c11-7-1-2-8-6(5-12)3-10(14)13-9(8)4-7/h1-2,4,6H,3,5,12H2,(H,13,14). The highest BCUT2D eigenvalue weighted by molar-refractivity contribution is 9.10. The zero-order chi connectivity index (χ0) is 10.1. The fourth-order valence-corrected chi connectivity index (χ4v) is 2.10. The first kappa shape index (κ1) is 9.68. The van der Waals surface area contributed by atoms with Crippen LogP contribution in [0.15, 0.2) is 22.7 Å². The highest BCUT2D eigenvalue weighted by atomic mass is 79.9. The normalized spacial score (nSPS) is 20.1. The van der Waals surface area contributed by atoms with Gasteiger partial charge < -0.3 is 11.1 Å². The number of anilines is 1. The molecule has 0 fully saturated rings. The van der Waals surface area contributed by atoms with E-state index < -0.39 is 0 Å². The van der Waals surface area contributed by atoms with E-state index >= 15 is 0 Å². The molecule has 1 heterocycles. The number of rotatable bonds is 1. The number of nitrogens with one attached hydrogen (secondary N) is 1. The van der Waals surface area contributed by atoms with Gasteiger partial charge in [-0.15, -0.1) is 0 Å². The van der Waals surface area contributed by atoms with Gasteiger partial charge in [0.1, 0.15) is 0 Å². The first-order chi connectivity index (χ1) is 6.70. The predicted molar refractivity (Wildman–Crippen MR) is 59.2 cm³/mol. The maximum absolute atomic E-state index is 11.3. The van der Waals surface area contributed by atoms with Crippen molar-refractivity contribution in [3.63, 3.8) is 0 Å². The Morgan fingerprint density at radius 2 is 2.36 bits per heavy atom. The first-order valence-corrected chi connectivity index (χ1v) is 5.29. The Morgan fingerprint density at radius 3 is 3.07 bits per heavy atom. The lowest BCUT2D eigenvalue weighted by Crippen LogP contribution is -2.26. The smallest absolute Gasteiger partial charge is 0.225 e. The van der Waals surface area contributed by atoms with Gasteiger partial charge in [-0.3, -0.25) is 4.79 Å². The summed E-state index contributed by atoms with van der Waals surface area (Å²) in [6, 6.07) is 5.89. The van der Waals surface area contributed by atoms with Gasteiger partial charge in [0.05, 0.1) is 0 Å². The van der Waals surface area contributed by atoms with Gasteiger partial charge in [0.15, 0.2) is 0 Å². The number of hydrogen-bond acceptors (Lipinski definition) is 2. The van der Waals surface area contributed by atoms with Crippen LogP contribution in [-0.2, 0) is 4.79 Å². The van der Waals surface area contributed by atoms with Crippen molar-refractivity contribution in [3.05, 3.63) is 28.2 Å². The third kappa shape index (κ3) is 1.67. The molecule has 1 aliphatic heterocycles. The maximum Gasteiger partial charge on any atom is 0.225 e. The number of nitrogens with two attached hydrogens (primary N) is 1. The van der Waals surface area contributed by atoms with Gasteiger partial charge in [0, 0.05) is 22.5 Å². The largest absolute Gasteiger partial charge is 0.330 e. The molecule has 3 N–H and O–H groups in total. The SMILES string of the molecule is NCC1CC(=O)Nc2cc(Br)ccc21. The number of benzene rings is 1. The molecule has 2 rings (SSSR count). The number of carbonyl (C=O) groups excluding carboxylic acids is 1. The minimum atomic E-state index is 0.0473. The third-order valence-corrected chi connectivity index (χ3v) is 2.94. The van der Waals surface area contributed by atoms with E-state index in [1.165, 1.54) is 0 Å². The summed E-state index contributed by atoms with van der Waals surface area (Å²) in [6.07, 6.45) is 0.491. The monoisotopic (exact) mass is 254 g/mol. The lowest BCUT2D eigenvalue weighted by molar-refractivity contribution is -0.116. The van der Waals surface area contributed by atoms with Crippen LogP contribution in [0.5, 0.6) is 0 Å². The van der Waals surface area contributed by atoms with Crippen molar-refractivity contribution in [1.29, 1.82) is 0 Å². The fourth-order valence-electron chi connectivity index (χ4n) is 1.74. The average molecular weight is 255 g/mol. The molecule has 14 heavy (non-hydrogen) atoms. The van der Waals surface area contributed by atoms with Crippen molar-refractivity contribution >= 4 is 27.5 Å². The van der Waals surface area contributed by atoms with Crippen molar-refractivity contribution in [1.82, 2.24) is 0 Å². The van der Waals surface area contributed by atoms with Crippen LogP contribution in [0.25, 0.3) is 0 Å². The second-order valence-electron chi connectivity index (χ2n) is 3.42. The van der Waals surface area contributed by atoms with Gasteiger partial charge in [-0.2, -0.15) is 0 Å². The van der Waals surface area contributed by atoms with Crippen LogP contribution in [0.3, 0.4) is 0 Å². The molecule has 1 aromatic rings. The van der Waals surface area contributed by atoms with Gasteiger partial charge in [-0.1, -0.05) is 22.0 Å². The van der Waals surface area contributed by atoms with Crippen molar-refractivity contribution < 1.29 is 4.79 Å². The Balaban J connectivity index is 2.45. The molecule has 0 aromatic heterocycles. The van der Waals surface area contributed by atoms with E-state index in [1.807, 2.05) is 18.2 Å². The summed E-state index contributed by atoms with van der Waals surface area (Å²) >= 11 is 3.37. The molecular weight excluding hydrogens is 244 g/mol. The third-order valence-electron chi connectivity index (χ3n) is 2.45. The van der Waals surface area contributed by atoms with Gasteiger partial charge in [-0.05, 0) is 24.2 Å². The molecule has 74 valence electrons. The summed E-state index contributed by atoms with van der Waals surface area (Å²) in [7, 11) is 0. The van der Waals surface area contributed by atoms with Crippen molar-refractivity contribution in [3.8, 4) is 0 Å². The number of fused-ring (bicyclic) bond motifs is 1. The Labute approximate surface area is 90.8 Å². The first-order valence-electron chi connectivity index (χ1n) is 4.50. The van der Waals surface area contributed by atoms with Crippen LogP contribution < -0.4 is 11.1 Å². The summed E-state index contributed by atoms with van der Waals surface area (Å²) in [5.41, 5.74) is 7.64. The molecule has 0 saturated carbocycles. The Morgan fingerprint density at radius 1 is 1.57 bits per heavy atom. The zero-order valence-electron chi connectivity index (χ0n) is 7.59. The highest BCUT2D eigenvalue weighted by Crippen LogP contribution is 2.33. The van der Waals surface area contributed by atoms with E-state index in [9.17, 15) is 4.79 Å². The summed E-state index contributed by atoms with van der Waals surface area (Å²) in [5.74, 6) is 0.206. The van der Waals surface area contributed by atoms with E-state index in [1.54, 1.807) is 0 Å². The van der Waals surface area contributed by atoms with Crippen molar-refractivity contribution in [2.45, 2.75) is 12.3 Å². The molecular formula is C10H11BrN2O. The lowest BCUT2D eigenvalue weighted by atomic mass is 9.91. The molecule has 3 nitrogen and oxygen atoms in total. The molecule has 0 bridgehead atoms. The van der Waals surface area contributed by atoms with Gasteiger partial charge in [0.2, 0.25) is 5.91 Å². The maximum atomic E-state index is 11.3. The van der Waals surface area contributed by atoms with Gasteiger partial charge in [-0.25, -0.2) is 0 Å². The van der Waals surface area contributed by atoms with Crippen molar-refractivity contribution in [2.75, 3.05) is 11.9 Å². The second kappa shape index (κ2) is 3.71. The van der Waals surface area contributed by atoms with Crippen LogP contribution in [0.2, 0.25) is 0 Å². The topological polar surface area (TPSA) is 55.1 Å². The molecule has 0 aliphatic carbocycles. The molecule has 1 aromatic carbocycles. The van der Waals surface area contributed by atoms with Crippen molar-refractivity contribution in [2.24, 2.45) is 5.73 Å². The Kier molecular flexibility index (Phi) is 2.56. The van der Waals surface area contributed by atoms with E-state index in [4.69, 9.17) is 5.73 Å². The summed E-state index contributed by atoms with van der Waals surface area (Å²) < 4.78 is 0.967. The Hall–Kier alpha value is -0.870. The summed E-state index contributed by atoms with van der Waals surface area (Å²) in [4.78, 5) is 11.3. The van der Waals surface area contributed by atoms with E-state index in [0.717, 1.165) is 15.7 Å². The van der Waals surface area contributed by atoms with Gasteiger partial charge >= 0.3 is 0 Å². The van der Waals surface area contributed by atoms with Crippen LogP contribution in [-0.4, -0.2) is 12.5 Å². The molecule has 4 heteroatoms. The molecule has 1 aliphatic rings. The quantitative estimate of drug-likeness (QED) is 0.804. The number of amides is 1. The molecule has 1 unspecified atom stereocenters. The molecule has 0 saturated heterocycles. The minimum absolute atomic E-state index is 0.0473. The van der Waals surface area contributed by atoms with E-state index in [2.05, 4.69) is 21.2 Å². The van der Waals surface area contributed by atoms with Crippen LogP contribution in [0, 0.1) is 0 Å². The molecule has 0 spiro atoms. The summed E-state index contributed by atoms with van der Waals surface area (Å²) in [6.45, 7) is 0.516. The molecule has 1 amide bonds. The van der Waals surface area contributed by atoms with Gasteiger partial charge in [0.25, 0.3) is 0 Å². The Bertz CT molecular complexity index is 378. The second-order valence-corrected chi connectivity index (χ2v) is 4.33. The van der Waals surface area contributed by atoms with Crippen LogP contribution in [0.1, 0.15) is 17.9 Å². The fraction of sp³-hybridized carbons (Fsp3) is 0.300.